The van der Waals surface area contributed by atoms with Crippen molar-refractivity contribution in [2.24, 2.45) is 5.41 Å². The predicted molar refractivity (Wildman–Crippen MR) is 38.9 cm³/mol. The Labute approximate surface area is 69.9 Å². The Bertz CT molecular complexity index is 247. The van der Waals surface area contributed by atoms with Crippen molar-refractivity contribution in [3.63, 3.8) is 0 Å². The van der Waals surface area contributed by atoms with Crippen molar-refractivity contribution in [2.45, 2.75) is 18.2 Å². The zero-order chi connectivity index (χ0) is 8.70. The molecule has 2 atom stereocenters. The topological polar surface area (TPSA) is 50.1 Å². The van der Waals surface area contributed by atoms with Gasteiger partial charge in [0.15, 0.2) is 4.87 Å². The molecular formula is C7H8ClNO2. The largest absolute Gasteiger partial charge is 0.468 e. The number of carbonyl (C=O) groups excluding carboxylic acids is 1. The molecule has 0 heterocycles. The van der Waals surface area contributed by atoms with Crippen LogP contribution in [0.25, 0.3) is 0 Å². The highest BCUT2D eigenvalue weighted by Crippen LogP contribution is 2.60. The standard InChI is InChI=1S/C7H8ClNO2/c1-6(4-9)3-7(6,8)5(10)11-2/h3H2,1-2H3/t6-,7-/m1/s1. The van der Waals surface area contributed by atoms with E-state index in [1.807, 2.05) is 6.07 Å². The number of methoxy groups -OCH3 is 1. The zero-order valence-corrected chi connectivity index (χ0v) is 7.10. The van der Waals surface area contributed by atoms with E-state index < -0.39 is 16.3 Å². The maximum atomic E-state index is 11.0. The molecule has 3 nitrogen and oxygen atoms in total. The second-order valence-electron chi connectivity index (χ2n) is 2.91. The maximum Gasteiger partial charge on any atom is 0.328 e. The van der Waals surface area contributed by atoms with Gasteiger partial charge in [-0.15, -0.1) is 11.6 Å². The van der Waals surface area contributed by atoms with E-state index in [4.69, 9.17) is 16.9 Å². The smallest absolute Gasteiger partial charge is 0.328 e. The third-order valence-electron chi connectivity index (χ3n) is 2.10. The molecule has 0 amide bonds. The summed E-state index contributed by atoms with van der Waals surface area (Å²) in [6.07, 6.45) is 0.380. The van der Waals surface area contributed by atoms with E-state index in [0.717, 1.165) is 0 Å². The summed E-state index contributed by atoms with van der Waals surface area (Å²) in [6.45, 7) is 1.65. The fourth-order valence-corrected chi connectivity index (χ4v) is 1.42. The van der Waals surface area contributed by atoms with Gasteiger partial charge in [0.25, 0.3) is 0 Å². The van der Waals surface area contributed by atoms with Crippen LogP contribution in [-0.2, 0) is 9.53 Å². The molecular weight excluding hydrogens is 166 g/mol. The molecule has 0 spiro atoms. The number of halogens is 1. The Kier molecular flexibility index (Phi) is 1.61. The molecule has 0 unspecified atom stereocenters. The molecule has 0 radical (unpaired) electrons. The van der Waals surface area contributed by atoms with Crippen LogP contribution in [0.4, 0.5) is 0 Å². The Morgan fingerprint density at radius 3 is 2.64 bits per heavy atom. The lowest BCUT2D eigenvalue weighted by molar-refractivity contribution is -0.141. The van der Waals surface area contributed by atoms with Crippen LogP contribution in [0, 0.1) is 16.7 Å². The van der Waals surface area contributed by atoms with E-state index in [0.29, 0.717) is 6.42 Å². The van der Waals surface area contributed by atoms with Crippen LogP contribution in [0.3, 0.4) is 0 Å². The Hall–Kier alpha value is -0.750. The number of carbonyl (C=O) groups is 1. The second-order valence-corrected chi connectivity index (χ2v) is 3.56. The molecule has 0 saturated heterocycles. The van der Waals surface area contributed by atoms with Crippen molar-refractivity contribution in [1.82, 2.24) is 0 Å². The normalized spacial score (nSPS) is 40.9. The van der Waals surface area contributed by atoms with E-state index in [9.17, 15) is 4.79 Å². The Morgan fingerprint density at radius 2 is 2.36 bits per heavy atom. The highest BCUT2D eigenvalue weighted by Gasteiger charge is 2.70. The van der Waals surface area contributed by atoms with Crippen LogP contribution in [0.1, 0.15) is 13.3 Å². The van der Waals surface area contributed by atoms with E-state index in [-0.39, 0.29) is 0 Å². The first-order valence-corrected chi connectivity index (χ1v) is 3.56. The SMILES string of the molecule is COC(=O)[C@]1(Cl)C[C@]1(C)C#N. The molecule has 1 aliphatic rings. The number of alkyl halides is 1. The highest BCUT2D eigenvalue weighted by molar-refractivity contribution is 6.37. The number of rotatable bonds is 1. The van der Waals surface area contributed by atoms with Crippen LogP contribution in [-0.4, -0.2) is 18.0 Å². The molecule has 1 aliphatic carbocycles. The first-order chi connectivity index (χ1) is 5.00. The Morgan fingerprint density at radius 1 is 1.82 bits per heavy atom. The summed E-state index contributed by atoms with van der Waals surface area (Å²) in [6, 6.07) is 1.99. The summed E-state index contributed by atoms with van der Waals surface area (Å²) < 4.78 is 4.45. The van der Waals surface area contributed by atoms with Gasteiger partial charge in [-0.3, -0.25) is 4.79 Å². The molecule has 60 valence electrons. The van der Waals surface area contributed by atoms with Gasteiger partial charge in [-0.1, -0.05) is 0 Å². The molecule has 11 heavy (non-hydrogen) atoms. The molecule has 0 aromatic rings. The molecule has 1 fully saturated rings. The van der Waals surface area contributed by atoms with Gasteiger partial charge in [0, 0.05) is 0 Å². The van der Waals surface area contributed by atoms with E-state index in [1.165, 1.54) is 7.11 Å². The van der Waals surface area contributed by atoms with E-state index in [2.05, 4.69) is 4.74 Å². The number of hydrogen-bond donors (Lipinski definition) is 0. The number of ether oxygens (including phenoxy) is 1. The fourth-order valence-electron chi connectivity index (χ4n) is 1.03. The minimum atomic E-state index is -1.09. The van der Waals surface area contributed by atoms with E-state index >= 15 is 0 Å². The van der Waals surface area contributed by atoms with E-state index in [1.54, 1.807) is 6.92 Å². The lowest BCUT2D eigenvalue weighted by atomic mass is 10.1. The molecule has 1 rings (SSSR count). The van der Waals surface area contributed by atoms with Crippen LogP contribution >= 0.6 is 11.6 Å². The average molecular weight is 174 g/mol. The van der Waals surface area contributed by atoms with Crippen molar-refractivity contribution < 1.29 is 9.53 Å². The molecule has 0 aliphatic heterocycles. The van der Waals surface area contributed by atoms with Gasteiger partial charge in [0.1, 0.15) is 0 Å². The summed E-state index contributed by atoms with van der Waals surface area (Å²) in [5.74, 6) is -0.511. The van der Waals surface area contributed by atoms with Crippen molar-refractivity contribution >= 4 is 17.6 Å². The monoisotopic (exact) mass is 173 g/mol. The van der Waals surface area contributed by atoms with Gasteiger partial charge in [0.05, 0.1) is 18.6 Å². The molecule has 1 saturated carbocycles. The highest BCUT2D eigenvalue weighted by atomic mass is 35.5. The minimum absolute atomic E-state index is 0.380. The molecule has 0 aromatic heterocycles. The predicted octanol–water partition coefficient (Wildman–Crippen LogP) is 1.07. The van der Waals surface area contributed by atoms with Gasteiger partial charge in [-0.05, 0) is 13.3 Å². The summed E-state index contributed by atoms with van der Waals surface area (Å²) >= 11 is 5.81. The lowest BCUT2D eigenvalue weighted by Crippen LogP contribution is -2.23. The van der Waals surface area contributed by atoms with Gasteiger partial charge >= 0.3 is 5.97 Å². The maximum absolute atomic E-state index is 11.0. The minimum Gasteiger partial charge on any atom is -0.468 e. The van der Waals surface area contributed by atoms with Crippen molar-refractivity contribution in [1.29, 1.82) is 5.26 Å². The van der Waals surface area contributed by atoms with Crippen molar-refractivity contribution in [2.75, 3.05) is 7.11 Å². The summed E-state index contributed by atoms with van der Waals surface area (Å²) in [5, 5.41) is 8.60. The molecule has 0 bridgehead atoms. The zero-order valence-electron chi connectivity index (χ0n) is 6.35. The molecule has 4 heteroatoms. The number of nitriles is 1. The third kappa shape index (κ3) is 0.899. The van der Waals surface area contributed by atoms with Crippen LogP contribution in [0.2, 0.25) is 0 Å². The number of esters is 1. The van der Waals surface area contributed by atoms with Crippen molar-refractivity contribution in [3.05, 3.63) is 0 Å². The quantitative estimate of drug-likeness (QED) is 0.440. The van der Waals surface area contributed by atoms with Gasteiger partial charge in [-0.2, -0.15) is 5.26 Å². The Balaban J connectivity index is 2.79. The number of nitrogens with zero attached hydrogens (tertiary/aromatic N) is 1. The first-order valence-electron chi connectivity index (χ1n) is 3.19. The molecule has 0 aromatic carbocycles. The average Bonchev–Trinajstić information content (AvgIpc) is 2.56. The first kappa shape index (κ1) is 8.35. The van der Waals surface area contributed by atoms with Gasteiger partial charge in [-0.25, -0.2) is 0 Å². The summed E-state index contributed by atoms with van der Waals surface area (Å²) in [7, 11) is 1.27. The van der Waals surface area contributed by atoms with Crippen LogP contribution < -0.4 is 0 Å². The number of hydrogen-bond acceptors (Lipinski definition) is 3. The van der Waals surface area contributed by atoms with Crippen LogP contribution in [0.5, 0.6) is 0 Å². The fraction of sp³-hybridized carbons (Fsp3) is 0.714. The summed E-state index contributed by atoms with van der Waals surface area (Å²) in [5.41, 5.74) is -0.734. The third-order valence-corrected chi connectivity index (χ3v) is 2.81. The summed E-state index contributed by atoms with van der Waals surface area (Å²) in [4.78, 5) is 9.88. The van der Waals surface area contributed by atoms with Crippen LogP contribution in [0.15, 0.2) is 0 Å². The van der Waals surface area contributed by atoms with Gasteiger partial charge in [0.2, 0.25) is 0 Å². The van der Waals surface area contributed by atoms with Gasteiger partial charge < -0.3 is 4.74 Å². The lowest BCUT2D eigenvalue weighted by Gasteiger charge is -2.06. The molecule has 0 N–H and O–H groups in total. The second kappa shape index (κ2) is 2.12. The van der Waals surface area contributed by atoms with Crippen molar-refractivity contribution in [3.8, 4) is 6.07 Å².